The van der Waals surface area contributed by atoms with Crippen LogP contribution in [-0.4, -0.2) is 0 Å². The molecule has 0 aromatic heterocycles. The number of hydrogen-bond donors (Lipinski definition) is 1. The Labute approximate surface area is 128 Å². The fraction of sp³-hybridized carbons (Fsp3) is 0.294. The molecule has 0 bridgehead atoms. The summed E-state index contributed by atoms with van der Waals surface area (Å²) in [6, 6.07) is 12.3. The second-order valence-electron chi connectivity index (χ2n) is 5.28. The first-order chi connectivity index (χ1) is 9.72. The smallest absolute Gasteiger partial charge is 0.120 e. The van der Waals surface area contributed by atoms with Gasteiger partial charge < -0.3 is 10.5 Å². The van der Waals surface area contributed by atoms with Gasteiger partial charge in [0, 0.05) is 15.7 Å². The van der Waals surface area contributed by atoms with Crippen LogP contribution in [-0.2, 0) is 19.4 Å². The highest BCUT2D eigenvalue weighted by molar-refractivity contribution is 9.10. The van der Waals surface area contributed by atoms with Gasteiger partial charge in [0.25, 0.3) is 0 Å². The second-order valence-corrected chi connectivity index (χ2v) is 6.13. The molecule has 0 amide bonds. The van der Waals surface area contributed by atoms with Crippen LogP contribution in [0.15, 0.2) is 40.9 Å². The quantitative estimate of drug-likeness (QED) is 0.841. The summed E-state index contributed by atoms with van der Waals surface area (Å²) in [6.45, 7) is 0.555. The third-order valence-electron chi connectivity index (χ3n) is 3.79. The molecule has 0 spiro atoms. The molecule has 104 valence electrons. The Morgan fingerprint density at radius 1 is 1.00 bits per heavy atom. The van der Waals surface area contributed by atoms with Crippen molar-refractivity contribution in [1.82, 2.24) is 0 Å². The first kappa shape index (κ1) is 13.5. The predicted molar refractivity (Wildman–Crippen MR) is 86.0 cm³/mol. The zero-order valence-electron chi connectivity index (χ0n) is 11.4. The molecule has 0 saturated carbocycles. The van der Waals surface area contributed by atoms with Gasteiger partial charge >= 0.3 is 0 Å². The predicted octanol–water partition coefficient (Wildman–Crippen LogP) is 4.49. The summed E-state index contributed by atoms with van der Waals surface area (Å²) in [7, 11) is 0. The van der Waals surface area contributed by atoms with E-state index in [1.54, 1.807) is 0 Å². The number of hydrogen-bond acceptors (Lipinski definition) is 2. The van der Waals surface area contributed by atoms with E-state index in [4.69, 9.17) is 10.5 Å². The lowest BCUT2D eigenvalue weighted by molar-refractivity contribution is 0.305. The highest BCUT2D eigenvalue weighted by Gasteiger charge is 2.10. The fourth-order valence-electron chi connectivity index (χ4n) is 2.64. The molecular weight excluding hydrogens is 314 g/mol. The number of aryl methyl sites for hydroxylation is 2. The number of benzene rings is 2. The van der Waals surface area contributed by atoms with E-state index in [1.807, 2.05) is 18.2 Å². The molecule has 0 unspecified atom stereocenters. The van der Waals surface area contributed by atoms with Crippen LogP contribution in [0.2, 0.25) is 0 Å². The Kier molecular flexibility index (Phi) is 3.97. The Bertz CT molecular complexity index is 624. The van der Waals surface area contributed by atoms with E-state index in [0.717, 1.165) is 21.5 Å². The lowest BCUT2D eigenvalue weighted by atomic mass is 9.92. The Morgan fingerprint density at radius 3 is 2.60 bits per heavy atom. The largest absolute Gasteiger partial charge is 0.489 e. The van der Waals surface area contributed by atoms with Crippen LogP contribution in [0, 0.1) is 0 Å². The van der Waals surface area contributed by atoms with Crippen LogP contribution in [0.3, 0.4) is 0 Å². The topological polar surface area (TPSA) is 35.2 Å². The lowest BCUT2D eigenvalue weighted by Crippen LogP contribution is -2.03. The van der Waals surface area contributed by atoms with Crippen molar-refractivity contribution in [3.05, 3.63) is 57.6 Å². The first-order valence-electron chi connectivity index (χ1n) is 7.01. The number of nitrogens with two attached hydrogens (primary N) is 1. The lowest BCUT2D eigenvalue weighted by Gasteiger charge is -2.17. The van der Waals surface area contributed by atoms with Gasteiger partial charge in [-0.05, 0) is 61.1 Å². The van der Waals surface area contributed by atoms with E-state index < -0.39 is 0 Å². The van der Waals surface area contributed by atoms with E-state index >= 15 is 0 Å². The molecule has 0 aliphatic heterocycles. The van der Waals surface area contributed by atoms with Crippen molar-refractivity contribution in [3.63, 3.8) is 0 Å². The third-order valence-corrected chi connectivity index (χ3v) is 4.53. The minimum absolute atomic E-state index is 0.555. The van der Waals surface area contributed by atoms with Gasteiger partial charge in [-0.25, -0.2) is 0 Å². The van der Waals surface area contributed by atoms with Crippen LogP contribution < -0.4 is 10.5 Å². The number of anilines is 1. The number of fused-ring (bicyclic) bond motifs is 1. The summed E-state index contributed by atoms with van der Waals surface area (Å²) in [5.41, 5.74) is 10.5. The highest BCUT2D eigenvalue weighted by Crippen LogP contribution is 2.27. The molecule has 0 atom stereocenters. The van der Waals surface area contributed by atoms with E-state index in [9.17, 15) is 0 Å². The molecule has 0 heterocycles. The summed E-state index contributed by atoms with van der Waals surface area (Å²) in [4.78, 5) is 0. The molecule has 0 radical (unpaired) electrons. The number of halogens is 1. The van der Waals surface area contributed by atoms with E-state index in [-0.39, 0.29) is 0 Å². The SMILES string of the molecule is Nc1ccc(COc2ccc3c(c2)CCCC3)c(Br)c1. The monoisotopic (exact) mass is 331 g/mol. The average Bonchev–Trinajstić information content (AvgIpc) is 2.46. The van der Waals surface area contributed by atoms with Crippen LogP contribution in [0.25, 0.3) is 0 Å². The molecule has 3 rings (SSSR count). The van der Waals surface area contributed by atoms with Crippen molar-refractivity contribution in [3.8, 4) is 5.75 Å². The van der Waals surface area contributed by atoms with Crippen molar-refractivity contribution < 1.29 is 4.74 Å². The van der Waals surface area contributed by atoms with Gasteiger partial charge in [-0.2, -0.15) is 0 Å². The molecule has 0 saturated heterocycles. The zero-order valence-corrected chi connectivity index (χ0v) is 12.9. The highest BCUT2D eigenvalue weighted by atomic mass is 79.9. The maximum Gasteiger partial charge on any atom is 0.120 e. The van der Waals surface area contributed by atoms with Gasteiger partial charge in [0.05, 0.1) is 0 Å². The molecule has 1 aliphatic rings. The summed E-state index contributed by atoms with van der Waals surface area (Å²) < 4.78 is 6.90. The number of rotatable bonds is 3. The van der Waals surface area contributed by atoms with E-state index in [0.29, 0.717) is 6.61 Å². The molecule has 2 aromatic rings. The zero-order chi connectivity index (χ0) is 13.9. The second kappa shape index (κ2) is 5.88. The van der Waals surface area contributed by atoms with Crippen LogP contribution in [0.5, 0.6) is 5.75 Å². The maximum absolute atomic E-state index is 5.91. The van der Waals surface area contributed by atoms with Crippen LogP contribution in [0.4, 0.5) is 5.69 Å². The molecule has 0 fully saturated rings. The Morgan fingerprint density at radius 2 is 1.80 bits per heavy atom. The van der Waals surface area contributed by atoms with Crippen molar-refractivity contribution in [2.24, 2.45) is 0 Å². The summed E-state index contributed by atoms with van der Waals surface area (Å²) in [5.74, 6) is 0.953. The Hall–Kier alpha value is -1.48. The molecule has 1 aliphatic carbocycles. The van der Waals surface area contributed by atoms with Crippen molar-refractivity contribution in [2.75, 3.05) is 5.73 Å². The van der Waals surface area contributed by atoms with Gasteiger partial charge in [-0.3, -0.25) is 0 Å². The Balaban J connectivity index is 1.72. The minimum Gasteiger partial charge on any atom is -0.489 e. The molecular formula is C17H18BrNO. The van der Waals surface area contributed by atoms with E-state index in [2.05, 4.69) is 34.1 Å². The van der Waals surface area contributed by atoms with Crippen LogP contribution >= 0.6 is 15.9 Å². The molecule has 2 aromatic carbocycles. The summed E-state index contributed by atoms with van der Waals surface area (Å²) in [6.07, 6.45) is 4.99. The van der Waals surface area contributed by atoms with Crippen LogP contribution in [0.1, 0.15) is 29.5 Å². The first-order valence-corrected chi connectivity index (χ1v) is 7.80. The average molecular weight is 332 g/mol. The normalized spacial score (nSPS) is 13.8. The summed E-state index contributed by atoms with van der Waals surface area (Å²) >= 11 is 3.52. The standard InChI is InChI=1S/C17H18BrNO/c18-17-10-15(19)7-5-14(17)11-20-16-8-6-12-3-1-2-4-13(12)9-16/h5-10H,1-4,11,19H2. The van der Waals surface area contributed by atoms with Gasteiger partial charge in [-0.15, -0.1) is 0 Å². The third kappa shape index (κ3) is 2.98. The number of nitrogen functional groups attached to an aromatic ring is 1. The van der Waals surface area contributed by atoms with Crippen molar-refractivity contribution in [2.45, 2.75) is 32.3 Å². The minimum atomic E-state index is 0.555. The van der Waals surface area contributed by atoms with Gasteiger partial charge in [-0.1, -0.05) is 28.1 Å². The molecule has 2 nitrogen and oxygen atoms in total. The molecule has 2 N–H and O–H groups in total. The fourth-order valence-corrected chi connectivity index (χ4v) is 3.15. The number of ether oxygens (including phenoxy) is 1. The van der Waals surface area contributed by atoms with Crippen molar-refractivity contribution in [1.29, 1.82) is 0 Å². The summed E-state index contributed by atoms with van der Waals surface area (Å²) in [5, 5.41) is 0. The molecule has 3 heteroatoms. The van der Waals surface area contributed by atoms with E-state index in [1.165, 1.54) is 36.8 Å². The van der Waals surface area contributed by atoms with Gasteiger partial charge in [0.1, 0.15) is 12.4 Å². The maximum atomic E-state index is 5.91. The molecule has 20 heavy (non-hydrogen) atoms. The van der Waals surface area contributed by atoms with Gasteiger partial charge in [0.15, 0.2) is 0 Å². The van der Waals surface area contributed by atoms with Crippen molar-refractivity contribution >= 4 is 21.6 Å². The van der Waals surface area contributed by atoms with Gasteiger partial charge in [0.2, 0.25) is 0 Å².